The molecule has 11 nitrogen and oxygen atoms in total. The Hall–Kier alpha value is -3.08. The molecule has 3 unspecified atom stereocenters. The third-order valence-electron chi connectivity index (χ3n) is 8.72. The van der Waals surface area contributed by atoms with Crippen LogP contribution in [0.4, 0.5) is 0 Å². The van der Waals surface area contributed by atoms with E-state index in [1.165, 1.54) is 44.9 Å². The van der Waals surface area contributed by atoms with Crippen molar-refractivity contribution in [2.75, 3.05) is 19.8 Å². The van der Waals surface area contributed by atoms with Gasteiger partial charge in [0.25, 0.3) is 0 Å². The zero-order chi connectivity index (χ0) is 42.1. The number of carboxylic acid groups (broad SMARTS) is 1. The molecule has 0 aromatic rings. The van der Waals surface area contributed by atoms with Gasteiger partial charge in [0.1, 0.15) is 12.7 Å². The van der Waals surface area contributed by atoms with Crippen molar-refractivity contribution in [1.29, 1.82) is 0 Å². The third kappa shape index (κ3) is 39.5. The van der Waals surface area contributed by atoms with Crippen molar-refractivity contribution in [3.05, 3.63) is 72.9 Å². The fourth-order valence-corrected chi connectivity index (χ4v) is 6.11. The molecular formula is C45H76NO10P. The number of aliphatic carboxylic acids is 1. The van der Waals surface area contributed by atoms with Crippen molar-refractivity contribution in [3.8, 4) is 0 Å². The first-order valence-electron chi connectivity index (χ1n) is 21.5. The van der Waals surface area contributed by atoms with Gasteiger partial charge in [-0.25, -0.2) is 9.36 Å². The number of carbonyl (C=O) groups excluding carboxylic acids is 2. The van der Waals surface area contributed by atoms with Crippen LogP contribution in [0.3, 0.4) is 0 Å². The zero-order valence-corrected chi connectivity index (χ0v) is 36.0. The van der Waals surface area contributed by atoms with E-state index in [1.54, 1.807) is 0 Å². The number of unbranched alkanes of at least 4 members (excludes halogenated alkanes) is 13. The van der Waals surface area contributed by atoms with Crippen LogP contribution >= 0.6 is 7.82 Å². The molecule has 4 N–H and O–H groups in total. The van der Waals surface area contributed by atoms with E-state index < -0.39 is 57.6 Å². The lowest BCUT2D eigenvalue weighted by atomic mass is 10.1. The molecule has 326 valence electrons. The van der Waals surface area contributed by atoms with Gasteiger partial charge in [-0.2, -0.15) is 0 Å². The minimum absolute atomic E-state index is 0.122. The van der Waals surface area contributed by atoms with E-state index in [1.807, 2.05) is 12.2 Å². The summed E-state index contributed by atoms with van der Waals surface area (Å²) in [6.45, 7) is 2.46. The maximum Gasteiger partial charge on any atom is 0.472 e. The lowest BCUT2D eigenvalue weighted by molar-refractivity contribution is -0.147. The molecule has 3 atom stereocenters. The summed E-state index contributed by atoms with van der Waals surface area (Å²) in [5.41, 5.74) is 0. The summed E-state index contributed by atoms with van der Waals surface area (Å²) in [6, 6.07) is -1.56. The number of aliphatic hydroxyl groups is 1. The minimum Gasteiger partial charge on any atom is -0.480 e. The van der Waals surface area contributed by atoms with E-state index in [4.69, 9.17) is 13.8 Å². The fourth-order valence-electron chi connectivity index (χ4n) is 5.34. The van der Waals surface area contributed by atoms with Gasteiger partial charge in [-0.1, -0.05) is 138 Å². The van der Waals surface area contributed by atoms with Crippen LogP contribution in [-0.4, -0.2) is 64.9 Å². The van der Waals surface area contributed by atoms with E-state index >= 15 is 0 Å². The topological polar surface area (TPSA) is 169 Å². The predicted molar refractivity (Wildman–Crippen MR) is 231 cm³/mol. The molecule has 0 saturated heterocycles. The van der Waals surface area contributed by atoms with E-state index in [9.17, 15) is 34.1 Å². The summed E-state index contributed by atoms with van der Waals surface area (Å²) in [7, 11) is -4.78. The quantitative estimate of drug-likeness (QED) is 0.0203. The zero-order valence-electron chi connectivity index (χ0n) is 35.1. The molecule has 0 heterocycles. The molecule has 1 amide bonds. The molecule has 0 aromatic heterocycles. The molecular weight excluding hydrogens is 745 g/mol. The second-order valence-electron chi connectivity index (χ2n) is 14.2. The Morgan fingerprint density at radius 3 is 1.51 bits per heavy atom. The number of phosphoric acid groups is 1. The van der Waals surface area contributed by atoms with Crippen LogP contribution < -0.4 is 5.32 Å². The highest BCUT2D eigenvalue weighted by atomic mass is 31.2. The Morgan fingerprint density at radius 1 is 0.561 bits per heavy atom. The number of hydrogen-bond donors (Lipinski definition) is 4. The van der Waals surface area contributed by atoms with Gasteiger partial charge in [-0.15, -0.1) is 0 Å². The van der Waals surface area contributed by atoms with Crippen LogP contribution in [0.15, 0.2) is 72.9 Å². The number of hydrogen-bond acceptors (Lipinski definition) is 8. The SMILES string of the molecule is CCCCC/C=C\C/C=C\C/C=C\C/C=C\CCCC(=O)OCC(O)COP(=O)(O)OCC(NC(=O)CCCCCCC/C=C\C/C=C\CCCCCC)C(=O)O. The number of rotatable bonds is 39. The smallest absolute Gasteiger partial charge is 0.472 e. The minimum atomic E-state index is -4.78. The Bertz CT molecular complexity index is 1240. The first-order chi connectivity index (χ1) is 27.6. The monoisotopic (exact) mass is 822 g/mol. The molecule has 12 heteroatoms. The van der Waals surface area contributed by atoms with Crippen molar-refractivity contribution in [1.82, 2.24) is 5.32 Å². The Balaban J connectivity index is 4.03. The Labute approximate surface area is 344 Å². The molecule has 0 aliphatic rings. The Morgan fingerprint density at radius 2 is 0.982 bits per heavy atom. The summed E-state index contributed by atoms with van der Waals surface area (Å²) in [5, 5.41) is 21.8. The van der Waals surface area contributed by atoms with Crippen molar-refractivity contribution in [2.45, 2.75) is 174 Å². The normalized spacial score (nSPS) is 14.5. The van der Waals surface area contributed by atoms with Gasteiger partial charge in [0, 0.05) is 12.8 Å². The molecule has 0 radical (unpaired) electrons. The summed E-state index contributed by atoms with van der Waals surface area (Å²) < 4.78 is 26.8. The van der Waals surface area contributed by atoms with Crippen LogP contribution in [0.1, 0.15) is 162 Å². The van der Waals surface area contributed by atoms with Gasteiger partial charge in [0.2, 0.25) is 5.91 Å². The van der Waals surface area contributed by atoms with Crippen LogP contribution in [-0.2, 0) is 32.7 Å². The Kier molecular flexibility index (Phi) is 37.6. The molecule has 0 bridgehead atoms. The molecule has 0 aromatic carbocycles. The molecule has 0 spiro atoms. The lowest BCUT2D eigenvalue weighted by Gasteiger charge is -2.18. The summed E-state index contributed by atoms with van der Waals surface area (Å²) in [5.74, 6) is -2.46. The number of carbonyl (C=O) groups is 3. The molecule has 0 rings (SSSR count). The van der Waals surface area contributed by atoms with E-state index in [-0.39, 0.29) is 12.8 Å². The summed E-state index contributed by atoms with van der Waals surface area (Å²) in [4.78, 5) is 45.9. The number of phosphoric ester groups is 1. The standard InChI is InChI=1S/C45H76NO10P/c1-3-5-7-9-11-13-15-17-19-21-23-25-27-29-31-33-35-37-44(49)54-38-41(47)39-55-57(52,53)56-40-42(45(50)51)46-43(48)36-34-32-30-28-26-24-22-20-18-16-14-12-10-8-6-4-2/h11,13-14,16-17,19-20,22-23,25,29,31,41-42,47H,3-10,12,15,18,21,24,26-28,30,32-40H2,1-2H3,(H,46,48)(H,50,51)(H,52,53)/b13-11-,16-14-,19-17-,22-20-,25-23-,31-29-. The van der Waals surface area contributed by atoms with Crippen molar-refractivity contribution in [3.63, 3.8) is 0 Å². The van der Waals surface area contributed by atoms with Crippen molar-refractivity contribution >= 4 is 25.7 Å². The number of ether oxygens (including phenoxy) is 1. The number of aliphatic hydroxyl groups excluding tert-OH is 1. The molecule has 0 aliphatic carbocycles. The molecule has 57 heavy (non-hydrogen) atoms. The first-order valence-corrected chi connectivity index (χ1v) is 23.0. The average Bonchev–Trinajstić information content (AvgIpc) is 3.18. The van der Waals surface area contributed by atoms with Gasteiger partial charge >= 0.3 is 19.8 Å². The second-order valence-corrected chi connectivity index (χ2v) is 15.6. The number of carboxylic acids is 1. The maximum absolute atomic E-state index is 12.3. The van der Waals surface area contributed by atoms with Gasteiger partial charge in [-0.05, 0) is 83.5 Å². The number of nitrogens with one attached hydrogen (secondary N) is 1. The van der Waals surface area contributed by atoms with Crippen LogP contribution in [0.2, 0.25) is 0 Å². The molecule has 0 aliphatic heterocycles. The van der Waals surface area contributed by atoms with Gasteiger partial charge in [0.05, 0.1) is 13.2 Å². The molecule has 0 saturated carbocycles. The van der Waals surface area contributed by atoms with Crippen LogP contribution in [0.25, 0.3) is 0 Å². The van der Waals surface area contributed by atoms with E-state index in [0.717, 1.165) is 70.6 Å². The van der Waals surface area contributed by atoms with E-state index in [0.29, 0.717) is 19.3 Å². The van der Waals surface area contributed by atoms with Gasteiger partial charge < -0.3 is 25.2 Å². The third-order valence-corrected chi connectivity index (χ3v) is 9.67. The first kappa shape index (κ1) is 53.9. The molecule has 0 fully saturated rings. The summed E-state index contributed by atoms with van der Waals surface area (Å²) >= 11 is 0. The van der Waals surface area contributed by atoms with Crippen LogP contribution in [0.5, 0.6) is 0 Å². The predicted octanol–water partition coefficient (Wildman–Crippen LogP) is 10.9. The highest BCUT2D eigenvalue weighted by Crippen LogP contribution is 2.43. The number of esters is 1. The van der Waals surface area contributed by atoms with Crippen molar-refractivity contribution in [2.24, 2.45) is 0 Å². The van der Waals surface area contributed by atoms with E-state index in [2.05, 4.69) is 79.9 Å². The highest BCUT2D eigenvalue weighted by molar-refractivity contribution is 7.47. The summed E-state index contributed by atoms with van der Waals surface area (Å²) in [6.07, 6.45) is 46.4. The largest absolute Gasteiger partial charge is 0.480 e. The number of amides is 1. The van der Waals surface area contributed by atoms with Crippen LogP contribution in [0, 0.1) is 0 Å². The maximum atomic E-state index is 12.3. The van der Waals surface area contributed by atoms with Gasteiger partial charge in [0.15, 0.2) is 6.04 Å². The number of allylic oxidation sites excluding steroid dienone is 12. The average molecular weight is 822 g/mol. The fraction of sp³-hybridized carbons (Fsp3) is 0.667. The van der Waals surface area contributed by atoms with Gasteiger partial charge in [-0.3, -0.25) is 18.6 Å². The highest BCUT2D eigenvalue weighted by Gasteiger charge is 2.28. The second kappa shape index (κ2) is 39.7. The van der Waals surface area contributed by atoms with Crippen molar-refractivity contribution < 1.29 is 47.8 Å². The lowest BCUT2D eigenvalue weighted by Crippen LogP contribution is -2.43.